The molecule has 2 nitrogen and oxygen atoms in total. The van der Waals surface area contributed by atoms with E-state index in [1.807, 2.05) is 12.1 Å². The highest BCUT2D eigenvalue weighted by Crippen LogP contribution is 2.33. The van der Waals surface area contributed by atoms with Crippen molar-refractivity contribution in [3.8, 4) is 5.75 Å². The Hall–Kier alpha value is -1.32. The SMILES string of the molecule is CC(NC1COc2ccccc21)c1ccc(Br)cc1. The van der Waals surface area contributed by atoms with Gasteiger partial charge in [-0.3, -0.25) is 0 Å². The molecule has 0 aromatic heterocycles. The predicted molar refractivity (Wildman–Crippen MR) is 80.4 cm³/mol. The molecule has 0 saturated heterocycles. The molecule has 19 heavy (non-hydrogen) atoms. The first kappa shape index (κ1) is 12.7. The van der Waals surface area contributed by atoms with Gasteiger partial charge in [-0.05, 0) is 30.7 Å². The number of para-hydroxylation sites is 1. The lowest BCUT2D eigenvalue weighted by Crippen LogP contribution is -2.25. The summed E-state index contributed by atoms with van der Waals surface area (Å²) >= 11 is 3.46. The molecule has 0 radical (unpaired) electrons. The third-order valence-electron chi connectivity index (χ3n) is 3.52. The van der Waals surface area contributed by atoms with Gasteiger partial charge < -0.3 is 10.1 Å². The molecular weight excluding hydrogens is 302 g/mol. The van der Waals surface area contributed by atoms with Crippen LogP contribution in [-0.4, -0.2) is 6.61 Å². The number of benzene rings is 2. The van der Waals surface area contributed by atoms with Crippen LogP contribution < -0.4 is 10.1 Å². The van der Waals surface area contributed by atoms with E-state index < -0.39 is 0 Å². The predicted octanol–water partition coefficient (Wildman–Crippen LogP) is 4.23. The van der Waals surface area contributed by atoms with Crippen molar-refractivity contribution in [3.63, 3.8) is 0 Å². The number of hydrogen-bond acceptors (Lipinski definition) is 2. The fraction of sp³-hybridized carbons (Fsp3) is 0.250. The van der Waals surface area contributed by atoms with Crippen LogP contribution in [0.3, 0.4) is 0 Å². The van der Waals surface area contributed by atoms with E-state index in [0.717, 1.165) is 10.2 Å². The highest BCUT2D eigenvalue weighted by Gasteiger charge is 2.24. The number of rotatable bonds is 3. The molecule has 3 heteroatoms. The van der Waals surface area contributed by atoms with E-state index >= 15 is 0 Å². The van der Waals surface area contributed by atoms with Gasteiger partial charge in [-0.15, -0.1) is 0 Å². The normalized spacial score (nSPS) is 18.7. The second-order valence-electron chi connectivity index (χ2n) is 4.84. The van der Waals surface area contributed by atoms with Crippen LogP contribution in [0.5, 0.6) is 5.75 Å². The van der Waals surface area contributed by atoms with E-state index in [1.54, 1.807) is 0 Å². The van der Waals surface area contributed by atoms with Gasteiger partial charge in [0.2, 0.25) is 0 Å². The Bertz CT molecular complexity index is 567. The zero-order valence-electron chi connectivity index (χ0n) is 10.8. The molecule has 0 saturated carbocycles. The van der Waals surface area contributed by atoms with Crippen LogP contribution in [0.1, 0.15) is 30.1 Å². The largest absolute Gasteiger partial charge is 0.491 e. The average Bonchev–Trinajstić information content (AvgIpc) is 2.83. The minimum Gasteiger partial charge on any atom is -0.491 e. The summed E-state index contributed by atoms with van der Waals surface area (Å²) in [6.45, 7) is 2.89. The Morgan fingerprint density at radius 3 is 2.68 bits per heavy atom. The van der Waals surface area contributed by atoms with Gasteiger partial charge in [-0.1, -0.05) is 46.3 Å². The first-order valence-electron chi connectivity index (χ1n) is 6.47. The zero-order chi connectivity index (χ0) is 13.2. The maximum absolute atomic E-state index is 5.70. The maximum Gasteiger partial charge on any atom is 0.124 e. The molecule has 0 amide bonds. The molecule has 3 rings (SSSR count). The average molecular weight is 318 g/mol. The number of halogens is 1. The lowest BCUT2D eigenvalue weighted by Gasteiger charge is -2.19. The van der Waals surface area contributed by atoms with Gasteiger partial charge in [0.05, 0.1) is 6.04 Å². The minimum absolute atomic E-state index is 0.273. The maximum atomic E-state index is 5.70. The molecule has 0 aliphatic carbocycles. The van der Waals surface area contributed by atoms with Crippen molar-refractivity contribution in [2.75, 3.05) is 6.61 Å². The van der Waals surface area contributed by atoms with E-state index in [2.05, 4.69) is 64.6 Å². The molecule has 2 unspecified atom stereocenters. The monoisotopic (exact) mass is 317 g/mol. The Morgan fingerprint density at radius 2 is 1.89 bits per heavy atom. The van der Waals surface area contributed by atoms with Gasteiger partial charge in [0, 0.05) is 16.1 Å². The van der Waals surface area contributed by atoms with Crippen molar-refractivity contribution in [1.29, 1.82) is 0 Å². The third-order valence-corrected chi connectivity index (χ3v) is 4.05. The molecule has 1 aliphatic rings. The van der Waals surface area contributed by atoms with E-state index in [9.17, 15) is 0 Å². The molecule has 0 spiro atoms. The second kappa shape index (κ2) is 5.35. The summed E-state index contributed by atoms with van der Waals surface area (Å²) in [5, 5.41) is 3.63. The lowest BCUT2D eigenvalue weighted by molar-refractivity contribution is 0.301. The standard InChI is InChI=1S/C16H16BrNO/c1-11(12-6-8-13(17)9-7-12)18-15-10-19-16-5-3-2-4-14(15)16/h2-9,11,15,18H,10H2,1H3. The van der Waals surface area contributed by atoms with Crippen molar-refractivity contribution in [3.05, 3.63) is 64.1 Å². The van der Waals surface area contributed by atoms with Gasteiger partial charge in [0.15, 0.2) is 0 Å². The first-order valence-corrected chi connectivity index (χ1v) is 7.26. The van der Waals surface area contributed by atoms with Crippen LogP contribution in [0.2, 0.25) is 0 Å². The molecule has 2 aromatic carbocycles. The Kier molecular flexibility index (Phi) is 3.58. The quantitative estimate of drug-likeness (QED) is 0.914. The summed E-state index contributed by atoms with van der Waals surface area (Å²) in [5.41, 5.74) is 2.54. The first-order chi connectivity index (χ1) is 9.24. The molecule has 98 valence electrons. The van der Waals surface area contributed by atoms with Crippen molar-refractivity contribution in [2.45, 2.75) is 19.0 Å². The van der Waals surface area contributed by atoms with E-state index in [4.69, 9.17) is 4.74 Å². The fourth-order valence-electron chi connectivity index (χ4n) is 2.45. The number of nitrogens with one attached hydrogen (secondary N) is 1. The molecular formula is C16H16BrNO. The Labute approximate surface area is 121 Å². The lowest BCUT2D eigenvalue weighted by atomic mass is 10.0. The van der Waals surface area contributed by atoms with Gasteiger partial charge in [-0.25, -0.2) is 0 Å². The van der Waals surface area contributed by atoms with Crippen molar-refractivity contribution in [2.24, 2.45) is 0 Å². The Balaban J connectivity index is 1.74. The summed E-state index contributed by atoms with van der Waals surface area (Å²) in [6, 6.07) is 17.2. The van der Waals surface area contributed by atoms with Crippen LogP contribution in [-0.2, 0) is 0 Å². The van der Waals surface area contributed by atoms with Gasteiger partial charge in [-0.2, -0.15) is 0 Å². The molecule has 1 heterocycles. The molecule has 0 bridgehead atoms. The smallest absolute Gasteiger partial charge is 0.124 e. The van der Waals surface area contributed by atoms with Crippen molar-refractivity contribution < 1.29 is 4.74 Å². The summed E-state index contributed by atoms with van der Waals surface area (Å²) < 4.78 is 6.81. The minimum atomic E-state index is 0.273. The number of hydrogen-bond donors (Lipinski definition) is 1. The van der Waals surface area contributed by atoms with Crippen LogP contribution >= 0.6 is 15.9 Å². The fourth-order valence-corrected chi connectivity index (χ4v) is 2.71. The zero-order valence-corrected chi connectivity index (χ0v) is 12.4. The summed E-state index contributed by atoms with van der Waals surface area (Å²) in [7, 11) is 0. The molecule has 0 fully saturated rings. The van der Waals surface area contributed by atoms with E-state index in [-0.39, 0.29) is 6.04 Å². The molecule has 2 aromatic rings. The van der Waals surface area contributed by atoms with Gasteiger partial charge >= 0.3 is 0 Å². The third kappa shape index (κ3) is 2.67. The van der Waals surface area contributed by atoms with E-state index in [0.29, 0.717) is 12.6 Å². The highest BCUT2D eigenvalue weighted by atomic mass is 79.9. The topological polar surface area (TPSA) is 21.3 Å². The van der Waals surface area contributed by atoms with E-state index in [1.165, 1.54) is 11.1 Å². The van der Waals surface area contributed by atoms with Gasteiger partial charge in [0.25, 0.3) is 0 Å². The molecule has 1 aliphatic heterocycles. The van der Waals surface area contributed by atoms with Crippen LogP contribution in [0.25, 0.3) is 0 Å². The van der Waals surface area contributed by atoms with Gasteiger partial charge in [0.1, 0.15) is 12.4 Å². The summed E-state index contributed by atoms with van der Waals surface area (Å²) in [6.07, 6.45) is 0. The second-order valence-corrected chi connectivity index (χ2v) is 5.76. The highest BCUT2D eigenvalue weighted by molar-refractivity contribution is 9.10. The summed E-state index contributed by atoms with van der Waals surface area (Å²) in [5.74, 6) is 1.00. The van der Waals surface area contributed by atoms with Crippen molar-refractivity contribution in [1.82, 2.24) is 5.32 Å². The van der Waals surface area contributed by atoms with Crippen LogP contribution in [0.15, 0.2) is 53.0 Å². The Morgan fingerprint density at radius 1 is 1.16 bits per heavy atom. The van der Waals surface area contributed by atoms with Crippen LogP contribution in [0, 0.1) is 0 Å². The number of ether oxygens (including phenoxy) is 1. The number of fused-ring (bicyclic) bond motifs is 1. The van der Waals surface area contributed by atoms with Crippen molar-refractivity contribution >= 4 is 15.9 Å². The summed E-state index contributed by atoms with van der Waals surface area (Å²) in [4.78, 5) is 0. The molecule has 1 N–H and O–H groups in total. The van der Waals surface area contributed by atoms with Crippen LogP contribution in [0.4, 0.5) is 0 Å². The molecule has 2 atom stereocenters.